The summed E-state index contributed by atoms with van der Waals surface area (Å²) in [6.07, 6.45) is 0. The first kappa shape index (κ1) is 12.8. The number of para-hydroxylation sites is 1. The van der Waals surface area contributed by atoms with Crippen molar-refractivity contribution in [3.8, 4) is 11.5 Å². The zero-order valence-corrected chi connectivity index (χ0v) is 11.5. The second-order valence-electron chi connectivity index (χ2n) is 5.25. The summed E-state index contributed by atoms with van der Waals surface area (Å²) in [6, 6.07) is 4.68. The van der Waals surface area contributed by atoms with Gasteiger partial charge in [-0.15, -0.1) is 0 Å². The number of amides is 2. The summed E-state index contributed by atoms with van der Waals surface area (Å²) in [7, 11) is 1.56. The molecule has 0 saturated carbocycles. The van der Waals surface area contributed by atoms with Crippen LogP contribution >= 0.6 is 0 Å². The summed E-state index contributed by atoms with van der Waals surface area (Å²) < 4.78 is 11.2. The molecule has 2 aliphatic rings. The Hall–Kier alpha value is -2.24. The molecule has 0 radical (unpaired) electrons. The van der Waals surface area contributed by atoms with Crippen molar-refractivity contribution < 1.29 is 19.1 Å². The standard InChI is InChI=1S/C14H16N2O4/c1-7(17)10-11-8-5-4-6-9(19-3)12(8)20-14(10,2)16-13(18)15-11/h4-6,10-11H,1-3H3,(H2,15,16,18)/t10-,11+,14-/m0/s1. The van der Waals surface area contributed by atoms with Gasteiger partial charge in [-0.2, -0.15) is 0 Å². The highest BCUT2D eigenvalue weighted by Gasteiger charge is 2.54. The molecule has 3 atom stereocenters. The van der Waals surface area contributed by atoms with Gasteiger partial charge in [0.15, 0.2) is 17.2 Å². The average Bonchev–Trinajstić information content (AvgIpc) is 2.36. The van der Waals surface area contributed by atoms with Crippen LogP contribution in [0, 0.1) is 5.92 Å². The van der Waals surface area contributed by atoms with Gasteiger partial charge in [0, 0.05) is 5.56 Å². The quantitative estimate of drug-likeness (QED) is 0.855. The highest BCUT2D eigenvalue weighted by molar-refractivity contribution is 5.87. The van der Waals surface area contributed by atoms with Crippen molar-refractivity contribution >= 4 is 11.8 Å². The zero-order chi connectivity index (χ0) is 14.5. The van der Waals surface area contributed by atoms with E-state index in [1.165, 1.54) is 6.92 Å². The van der Waals surface area contributed by atoms with Gasteiger partial charge in [0.25, 0.3) is 0 Å². The molecule has 1 saturated heterocycles. The van der Waals surface area contributed by atoms with E-state index in [2.05, 4.69) is 10.6 Å². The lowest BCUT2D eigenvalue weighted by Crippen LogP contribution is -2.69. The minimum atomic E-state index is -1.07. The summed E-state index contributed by atoms with van der Waals surface area (Å²) >= 11 is 0. The Labute approximate surface area is 116 Å². The minimum Gasteiger partial charge on any atom is -0.493 e. The third-order valence-corrected chi connectivity index (χ3v) is 3.89. The second-order valence-corrected chi connectivity index (χ2v) is 5.25. The maximum atomic E-state index is 12.0. The summed E-state index contributed by atoms with van der Waals surface area (Å²) in [6.45, 7) is 3.21. The third-order valence-electron chi connectivity index (χ3n) is 3.89. The largest absolute Gasteiger partial charge is 0.493 e. The number of ketones is 1. The molecular weight excluding hydrogens is 260 g/mol. The van der Waals surface area contributed by atoms with Crippen LogP contribution in [0.25, 0.3) is 0 Å². The van der Waals surface area contributed by atoms with E-state index in [0.29, 0.717) is 11.5 Å². The Morgan fingerprint density at radius 2 is 2.20 bits per heavy atom. The maximum absolute atomic E-state index is 12.0. The summed E-state index contributed by atoms with van der Waals surface area (Å²) in [5.74, 6) is 0.615. The van der Waals surface area contributed by atoms with Crippen LogP contribution in [0.4, 0.5) is 4.79 Å². The van der Waals surface area contributed by atoms with E-state index < -0.39 is 17.7 Å². The topological polar surface area (TPSA) is 76.7 Å². The Morgan fingerprint density at radius 1 is 1.45 bits per heavy atom. The SMILES string of the molecule is COc1cccc2c1O[C@]1(C)NC(=O)N[C@H]2[C@@H]1C(C)=O. The monoisotopic (exact) mass is 276 g/mol. The van der Waals surface area contributed by atoms with Gasteiger partial charge in [-0.1, -0.05) is 12.1 Å². The van der Waals surface area contributed by atoms with E-state index in [9.17, 15) is 9.59 Å². The van der Waals surface area contributed by atoms with Crippen LogP contribution < -0.4 is 20.1 Å². The van der Waals surface area contributed by atoms with E-state index in [1.807, 2.05) is 12.1 Å². The van der Waals surface area contributed by atoms with Crippen molar-refractivity contribution in [3.63, 3.8) is 0 Å². The number of hydrogen-bond donors (Lipinski definition) is 2. The van der Waals surface area contributed by atoms with Crippen molar-refractivity contribution in [1.82, 2.24) is 10.6 Å². The van der Waals surface area contributed by atoms with Crippen LogP contribution in [0.3, 0.4) is 0 Å². The Morgan fingerprint density at radius 3 is 2.85 bits per heavy atom. The molecule has 2 N–H and O–H groups in total. The van der Waals surface area contributed by atoms with Gasteiger partial charge in [-0.25, -0.2) is 4.79 Å². The van der Waals surface area contributed by atoms with Crippen LogP contribution in [0.5, 0.6) is 11.5 Å². The first-order chi connectivity index (χ1) is 9.46. The van der Waals surface area contributed by atoms with E-state index in [4.69, 9.17) is 9.47 Å². The summed E-state index contributed by atoms with van der Waals surface area (Å²) in [5.41, 5.74) is -0.308. The number of carbonyl (C=O) groups is 2. The van der Waals surface area contributed by atoms with Gasteiger partial charge in [-0.3, -0.25) is 10.1 Å². The first-order valence-corrected chi connectivity index (χ1v) is 6.41. The molecule has 106 valence electrons. The zero-order valence-electron chi connectivity index (χ0n) is 11.5. The lowest BCUT2D eigenvalue weighted by molar-refractivity contribution is -0.134. The fourth-order valence-corrected chi connectivity index (χ4v) is 3.11. The smallest absolute Gasteiger partial charge is 0.318 e. The fourth-order valence-electron chi connectivity index (χ4n) is 3.11. The van der Waals surface area contributed by atoms with Gasteiger partial charge in [0.1, 0.15) is 11.7 Å². The number of ether oxygens (including phenoxy) is 2. The molecule has 0 spiro atoms. The van der Waals surface area contributed by atoms with Gasteiger partial charge in [0.05, 0.1) is 13.2 Å². The summed E-state index contributed by atoms with van der Waals surface area (Å²) in [5, 5.41) is 5.50. The second kappa shape index (κ2) is 4.13. The molecule has 20 heavy (non-hydrogen) atoms. The molecular formula is C14H16N2O4. The third kappa shape index (κ3) is 1.64. The lowest BCUT2D eigenvalue weighted by Gasteiger charge is -2.49. The number of Topliss-reactive ketones (excluding diaryl/α,β-unsaturated/α-hetero) is 1. The van der Waals surface area contributed by atoms with Gasteiger partial charge >= 0.3 is 6.03 Å². The van der Waals surface area contributed by atoms with Crippen molar-refractivity contribution in [2.24, 2.45) is 5.92 Å². The molecule has 2 bridgehead atoms. The predicted molar refractivity (Wildman–Crippen MR) is 70.6 cm³/mol. The Bertz CT molecular complexity index is 601. The summed E-state index contributed by atoms with van der Waals surface area (Å²) in [4.78, 5) is 23.8. The van der Waals surface area contributed by atoms with E-state index in [1.54, 1.807) is 20.1 Å². The number of nitrogens with one attached hydrogen (secondary N) is 2. The molecule has 1 aromatic rings. The number of rotatable bonds is 2. The van der Waals surface area contributed by atoms with Crippen LogP contribution in [0.1, 0.15) is 25.5 Å². The Balaban J connectivity index is 2.20. The molecule has 6 heteroatoms. The molecule has 1 fully saturated rings. The lowest BCUT2D eigenvalue weighted by atomic mass is 9.78. The van der Waals surface area contributed by atoms with Gasteiger partial charge in [-0.05, 0) is 19.9 Å². The molecule has 6 nitrogen and oxygen atoms in total. The number of carbonyl (C=O) groups excluding carboxylic acids is 2. The maximum Gasteiger partial charge on any atom is 0.318 e. The number of hydrogen-bond acceptors (Lipinski definition) is 4. The van der Waals surface area contributed by atoms with Crippen molar-refractivity contribution in [1.29, 1.82) is 0 Å². The normalized spacial score (nSPS) is 30.4. The van der Waals surface area contributed by atoms with Crippen molar-refractivity contribution in [2.75, 3.05) is 7.11 Å². The number of urea groups is 1. The van der Waals surface area contributed by atoms with Crippen LogP contribution in [-0.4, -0.2) is 24.6 Å². The van der Waals surface area contributed by atoms with E-state index >= 15 is 0 Å². The van der Waals surface area contributed by atoms with Gasteiger partial charge < -0.3 is 14.8 Å². The molecule has 2 amide bonds. The highest BCUT2D eigenvalue weighted by atomic mass is 16.5. The minimum absolute atomic E-state index is 0.0431. The molecule has 0 aliphatic carbocycles. The van der Waals surface area contributed by atoms with E-state index in [-0.39, 0.29) is 11.8 Å². The van der Waals surface area contributed by atoms with Crippen LogP contribution in [0.15, 0.2) is 18.2 Å². The molecule has 2 aliphatic heterocycles. The fraction of sp³-hybridized carbons (Fsp3) is 0.429. The molecule has 3 rings (SSSR count). The molecule has 0 aromatic heterocycles. The molecule has 1 aromatic carbocycles. The van der Waals surface area contributed by atoms with Crippen molar-refractivity contribution in [2.45, 2.75) is 25.6 Å². The van der Waals surface area contributed by atoms with Gasteiger partial charge in [0.2, 0.25) is 0 Å². The highest BCUT2D eigenvalue weighted by Crippen LogP contribution is 2.48. The average molecular weight is 276 g/mol. The predicted octanol–water partition coefficient (Wildman–Crippen LogP) is 1.36. The van der Waals surface area contributed by atoms with E-state index in [0.717, 1.165) is 5.56 Å². The first-order valence-electron chi connectivity index (χ1n) is 6.41. The molecule has 0 unspecified atom stereocenters. The van der Waals surface area contributed by atoms with Crippen LogP contribution in [-0.2, 0) is 4.79 Å². The number of benzene rings is 1. The number of methoxy groups -OCH3 is 1. The Kier molecular flexibility index (Phi) is 2.64. The van der Waals surface area contributed by atoms with Crippen molar-refractivity contribution in [3.05, 3.63) is 23.8 Å². The van der Waals surface area contributed by atoms with Crippen LogP contribution in [0.2, 0.25) is 0 Å². The number of fused-ring (bicyclic) bond motifs is 4. The molecule has 2 heterocycles.